The lowest BCUT2D eigenvalue weighted by Crippen LogP contribution is -2.41. The van der Waals surface area contributed by atoms with Crippen LogP contribution in [0, 0.1) is 0 Å². The fourth-order valence-corrected chi connectivity index (χ4v) is 2.14. The first-order valence-corrected chi connectivity index (χ1v) is 5.79. The summed E-state index contributed by atoms with van der Waals surface area (Å²) in [6, 6.07) is 0. The van der Waals surface area contributed by atoms with Crippen molar-refractivity contribution in [2.75, 3.05) is 32.5 Å². The highest BCUT2D eigenvalue weighted by atomic mass is 32.2. The lowest BCUT2D eigenvalue weighted by molar-refractivity contribution is -0.136. The van der Waals surface area contributed by atoms with Crippen LogP contribution in [0.3, 0.4) is 0 Å². The second-order valence-electron chi connectivity index (χ2n) is 3.57. The molecule has 5 heteroatoms. The molecule has 0 aromatic heterocycles. The van der Waals surface area contributed by atoms with Gasteiger partial charge in [0.05, 0.1) is 18.0 Å². The molecule has 1 aliphatic rings. The summed E-state index contributed by atoms with van der Waals surface area (Å²) in [7, 11) is 2.06. The number of morpholine rings is 1. The molecule has 1 saturated heterocycles. The third kappa shape index (κ3) is 3.86. The van der Waals surface area contributed by atoms with Crippen LogP contribution in [0.5, 0.6) is 0 Å². The van der Waals surface area contributed by atoms with E-state index >= 15 is 0 Å². The van der Waals surface area contributed by atoms with Crippen molar-refractivity contribution in [3.8, 4) is 0 Å². The van der Waals surface area contributed by atoms with E-state index in [-0.39, 0.29) is 11.4 Å². The number of nitrogens with zero attached hydrogens (tertiary/aromatic N) is 1. The molecule has 4 nitrogen and oxygen atoms in total. The van der Waals surface area contributed by atoms with Crippen LogP contribution < -0.4 is 0 Å². The third-order valence-electron chi connectivity index (χ3n) is 2.22. The normalized spacial score (nSPS) is 26.0. The Hall–Kier alpha value is -0.260. The molecule has 1 rings (SSSR count). The van der Waals surface area contributed by atoms with Crippen LogP contribution in [-0.4, -0.2) is 59.8 Å². The third-order valence-corrected chi connectivity index (χ3v) is 3.49. The molecule has 1 heterocycles. The van der Waals surface area contributed by atoms with Crippen LogP contribution in [0.4, 0.5) is 0 Å². The summed E-state index contributed by atoms with van der Waals surface area (Å²) >= 11 is 1.44. The summed E-state index contributed by atoms with van der Waals surface area (Å²) in [5.41, 5.74) is 0. The van der Waals surface area contributed by atoms with Crippen LogP contribution in [0.15, 0.2) is 0 Å². The van der Waals surface area contributed by atoms with Gasteiger partial charge in [0.2, 0.25) is 0 Å². The average Bonchev–Trinajstić information content (AvgIpc) is 2.14. The molecule has 0 radical (unpaired) electrons. The molecule has 1 fully saturated rings. The first-order valence-electron chi connectivity index (χ1n) is 4.74. The number of carboxylic acids is 1. The Morgan fingerprint density at radius 1 is 1.79 bits per heavy atom. The van der Waals surface area contributed by atoms with Crippen molar-refractivity contribution in [2.45, 2.75) is 18.3 Å². The van der Waals surface area contributed by atoms with Gasteiger partial charge in [0.25, 0.3) is 0 Å². The minimum atomic E-state index is -0.751. The number of thioether (sulfide) groups is 1. The predicted octanol–water partition coefficient (Wildman–Crippen LogP) is 0.523. The molecule has 0 bridgehead atoms. The summed E-state index contributed by atoms with van der Waals surface area (Å²) in [6.45, 7) is 4.33. The van der Waals surface area contributed by atoms with Crippen molar-refractivity contribution in [1.82, 2.24) is 4.90 Å². The zero-order valence-corrected chi connectivity index (χ0v) is 9.42. The van der Waals surface area contributed by atoms with E-state index in [0.29, 0.717) is 0 Å². The molecule has 0 aromatic rings. The second kappa shape index (κ2) is 5.58. The standard InChI is InChI=1S/C9H17NO3S/c1-7(9(11)12)14-6-8-5-10(2)3-4-13-8/h7-8H,3-6H2,1-2H3,(H,11,12). The lowest BCUT2D eigenvalue weighted by Gasteiger charge is -2.30. The minimum Gasteiger partial charge on any atom is -0.480 e. The predicted molar refractivity (Wildman–Crippen MR) is 56.8 cm³/mol. The van der Waals surface area contributed by atoms with Gasteiger partial charge in [-0.3, -0.25) is 4.79 Å². The fraction of sp³-hybridized carbons (Fsp3) is 0.889. The minimum absolute atomic E-state index is 0.181. The maximum absolute atomic E-state index is 10.6. The van der Waals surface area contributed by atoms with Gasteiger partial charge in [-0.15, -0.1) is 11.8 Å². The van der Waals surface area contributed by atoms with Gasteiger partial charge >= 0.3 is 5.97 Å². The largest absolute Gasteiger partial charge is 0.480 e. The SMILES string of the molecule is CC(SCC1CN(C)CCO1)C(=O)O. The monoisotopic (exact) mass is 219 g/mol. The Balaban J connectivity index is 2.20. The van der Waals surface area contributed by atoms with Gasteiger partial charge in [-0.05, 0) is 14.0 Å². The van der Waals surface area contributed by atoms with Crippen LogP contribution in [0.1, 0.15) is 6.92 Å². The number of ether oxygens (including phenoxy) is 1. The molecule has 82 valence electrons. The molecule has 0 amide bonds. The van der Waals surface area contributed by atoms with E-state index in [2.05, 4.69) is 11.9 Å². The van der Waals surface area contributed by atoms with E-state index in [1.165, 1.54) is 11.8 Å². The number of hydrogen-bond acceptors (Lipinski definition) is 4. The number of rotatable bonds is 4. The van der Waals surface area contributed by atoms with Crippen molar-refractivity contribution < 1.29 is 14.6 Å². The molecule has 0 aliphatic carbocycles. The molecule has 0 saturated carbocycles. The molecular formula is C9H17NO3S. The van der Waals surface area contributed by atoms with Crippen molar-refractivity contribution in [3.05, 3.63) is 0 Å². The first kappa shape index (κ1) is 11.8. The maximum atomic E-state index is 10.6. The Morgan fingerprint density at radius 3 is 3.07 bits per heavy atom. The molecule has 0 aromatic carbocycles. The van der Waals surface area contributed by atoms with Gasteiger partial charge in [-0.1, -0.05) is 0 Å². The smallest absolute Gasteiger partial charge is 0.316 e. The quantitative estimate of drug-likeness (QED) is 0.747. The summed E-state index contributed by atoms with van der Waals surface area (Å²) in [6.07, 6.45) is 0.181. The van der Waals surface area contributed by atoms with Gasteiger partial charge < -0.3 is 14.7 Å². The lowest BCUT2D eigenvalue weighted by atomic mass is 10.3. The number of hydrogen-bond donors (Lipinski definition) is 1. The summed E-state index contributed by atoms with van der Waals surface area (Å²) < 4.78 is 5.52. The van der Waals surface area contributed by atoms with Crippen molar-refractivity contribution in [1.29, 1.82) is 0 Å². The Morgan fingerprint density at radius 2 is 2.50 bits per heavy atom. The van der Waals surface area contributed by atoms with Crippen molar-refractivity contribution in [2.24, 2.45) is 0 Å². The molecule has 0 spiro atoms. The van der Waals surface area contributed by atoms with Crippen LogP contribution in [0.2, 0.25) is 0 Å². The fourth-order valence-electron chi connectivity index (χ4n) is 1.29. The molecule has 2 atom stereocenters. The highest BCUT2D eigenvalue weighted by Crippen LogP contribution is 2.15. The number of carboxylic acid groups (broad SMARTS) is 1. The Kier molecular flexibility index (Phi) is 4.71. The van der Waals surface area contributed by atoms with E-state index in [1.807, 2.05) is 0 Å². The second-order valence-corrected chi connectivity index (χ2v) is 4.94. The van der Waals surface area contributed by atoms with Gasteiger partial charge in [0.15, 0.2) is 0 Å². The van der Waals surface area contributed by atoms with E-state index in [9.17, 15) is 4.79 Å². The molecule has 1 N–H and O–H groups in total. The number of likely N-dealkylation sites (N-methyl/N-ethyl adjacent to an activating group) is 1. The van der Waals surface area contributed by atoms with E-state index < -0.39 is 5.97 Å². The van der Waals surface area contributed by atoms with Gasteiger partial charge in [-0.2, -0.15) is 0 Å². The summed E-state index contributed by atoms with van der Waals surface area (Å²) in [5.74, 6) is 0.0109. The molecule has 14 heavy (non-hydrogen) atoms. The van der Waals surface area contributed by atoms with E-state index in [4.69, 9.17) is 9.84 Å². The van der Waals surface area contributed by atoms with Crippen LogP contribution in [0.25, 0.3) is 0 Å². The maximum Gasteiger partial charge on any atom is 0.316 e. The topological polar surface area (TPSA) is 49.8 Å². The summed E-state index contributed by atoms with van der Waals surface area (Å²) in [5, 5.41) is 8.35. The number of aliphatic carboxylic acids is 1. The highest BCUT2D eigenvalue weighted by Gasteiger charge is 2.20. The Labute approximate surface area is 88.6 Å². The molecular weight excluding hydrogens is 202 g/mol. The zero-order chi connectivity index (χ0) is 10.6. The zero-order valence-electron chi connectivity index (χ0n) is 8.60. The van der Waals surface area contributed by atoms with Crippen molar-refractivity contribution >= 4 is 17.7 Å². The average molecular weight is 219 g/mol. The van der Waals surface area contributed by atoms with Gasteiger partial charge in [0.1, 0.15) is 0 Å². The first-order chi connectivity index (χ1) is 6.59. The molecule has 2 unspecified atom stereocenters. The highest BCUT2D eigenvalue weighted by molar-refractivity contribution is 8.00. The van der Waals surface area contributed by atoms with Gasteiger partial charge in [-0.25, -0.2) is 0 Å². The van der Waals surface area contributed by atoms with E-state index in [0.717, 1.165) is 25.4 Å². The van der Waals surface area contributed by atoms with Gasteiger partial charge in [0, 0.05) is 18.8 Å². The Bertz CT molecular complexity index is 200. The number of carbonyl (C=O) groups is 1. The van der Waals surface area contributed by atoms with Crippen molar-refractivity contribution in [3.63, 3.8) is 0 Å². The molecule has 1 aliphatic heterocycles. The van der Waals surface area contributed by atoms with Crippen LogP contribution >= 0.6 is 11.8 Å². The van der Waals surface area contributed by atoms with E-state index in [1.54, 1.807) is 6.92 Å². The summed E-state index contributed by atoms with van der Waals surface area (Å²) in [4.78, 5) is 12.8. The van der Waals surface area contributed by atoms with Crippen LogP contribution in [-0.2, 0) is 9.53 Å².